The van der Waals surface area contributed by atoms with Gasteiger partial charge in [-0.25, -0.2) is 0 Å². The van der Waals surface area contributed by atoms with Gasteiger partial charge in [0.05, 0.1) is 6.04 Å². The van der Waals surface area contributed by atoms with Gasteiger partial charge in [-0.05, 0) is 47.1 Å². The van der Waals surface area contributed by atoms with Gasteiger partial charge in [0.1, 0.15) is 0 Å². The number of nitrogens with one attached hydrogen (secondary N) is 1. The molecule has 0 unspecified atom stereocenters. The molecule has 2 aromatic rings. The minimum Gasteiger partial charge on any atom is -0.377 e. The van der Waals surface area contributed by atoms with E-state index in [1.165, 1.54) is 22.4 Å². The van der Waals surface area contributed by atoms with Crippen molar-refractivity contribution in [1.29, 1.82) is 0 Å². The van der Waals surface area contributed by atoms with Crippen LogP contribution in [-0.4, -0.2) is 0 Å². The summed E-state index contributed by atoms with van der Waals surface area (Å²) in [4.78, 5) is 0. The highest BCUT2D eigenvalue weighted by Gasteiger charge is 2.38. The van der Waals surface area contributed by atoms with Crippen molar-refractivity contribution in [3.63, 3.8) is 0 Å². The van der Waals surface area contributed by atoms with Crippen LogP contribution in [0.5, 0.6) is 0 Å². The first-order valence-electron chi connectivity index (χ1n) is 8.46. The van der Waals surface area contributed by atoms with Crippen molar-refractivity contribution in [2.45, 2.75) is 38.1 Å². The van der Waals surface area contributed by atoms with E-state index >= 15 is 0 Å². The molecule has 1 heterocycles. The van der Waals surface area contributed by atoms with Crippen molar-refractivity contribution >= 4 is 17.3 Å². The molecule has 1 aliphatic heterocycles. The van der Waals surface area contributed by atoms with Crippen LogP contribution < -0.4 is 5.32 Å². The van der Waals surface area contributed by atoms with E-state index in [2.05, 4.69) is 61.6 Å². The summed E-state index contributed by atoms with van der Waals surface area (Å²) in [5, 5.41) is 4.67. The Morgan fingerprint density at radius 2 is 1.87 bits per heavy atom. The minimum atomic E-state index is 0.347. The third-order valence-electron chi connectivity index (χ3n) is 5.28. The molecule has 118 valence electrons. The van der Waals surface area contributed by atoms with Crippen molar-refractivity contribution < 1.29 is 0 Å². The molecule has 0 aromatic heterocycles. The standard InChI is InChI=1S/C21H22ClN/c1-13(2)16-5-3-8-19-17-6-4-7-18(17)20(23-21(16)19)14-9-11-15(22)12-10-14/h3-6,8-13,17-18,20,23H,7H2,1-2H3/t17-,18-,20-/m1/s1. The number of benzene rings is 2. The molecular formula is C21H22ClN. The fourth-order valence-electron chi connectivity index (χ4n) is 4.13. The summed E-state index contributed by atoms with van der Waals surface area (Å²) in [5.41, 5.74) is 5.55. The van der Waals surface area contributed by atoms with Gasteiger partial charge in [-0.3, -0.25) is 0 Å². The Bertz CT molecular complexity index is 745. The number of allylic oxidation sites excluding steroid dienone is 2. The van der Waals surface area contributed by atoms with Gasteiger partial charge in [0.15, 0.2) is 0 Å². The van der Waals surface area contributed by atoms with Gasteiger partial charge >= 0.3 is 0 Å². The second kappa shape index (κ2) is 5.72. The van der Waals surface area contributed by atoms with E-state index < -0.39 is 0 Å². The van der Waals surface area contributed by atoms with Crippen LogP contribution in [0.25, 0.3) is 0 Å². The monoisotopic (exact) mass is 323 g/mol. The molecule has 0 bridgehead atoms. The summed E-state index contributed by atoms with van der Waals surface area (Å²) >= 11 is 6.08. The molecule has 23 heavy (non-hydrogen) atoms. The largest absolute Gasteiger partial charge is 0.377 e. The third kappa shape index (κ3) is 2.48. The fraction of sp³-hybridized carbons (Fsp3) is 0.333. The summed E-state index contributed by atoms with van der Waals surface area (Å²) < 4.78 is 0. The Morgan fingerprint density at radius 3 is 2.61 bits per heavy atom. The van der Waals surface area contributed by atoms with Gasteiger partial charge in [-0.1, -0.05) is 67.9 Å². The SMILES string of the molecule is CC(C)c1cccc2c1N[C@H](c1ccc(Cl)cc1)[C@@H]1CC=C[C@@H]21. The first-order chi connectivity index (χ1) is 11.1. The fourth-order valence-corrected chi connectivity index (χ4v) is 4.25. The Hall–Kier alpha value is -1.73. The number of hydrogen-bond donors (Lipinski definition) is 1. The maximum atomic E-state index is 6.08. The van der Waals surface area contributed by atoms with Crippen LogP contribution in [0, 0.1) is 5.92 Å². The van der Waals surface area contributed by atoms with Gasteiger partial charge in [-0.2, -0.15) is 0 Å². The number of para-hydroxylation sites is 1. The predicted octanol–water partition coefficient (Wildman–Crippen LogP) is 6.29. The third-order valence-corrected chi connectivity index (χ3v) is 5.53. The van der Waals surface area contributed by atoms with Crippen molar-refractivity contribution in [2.24, 2.45) is 5.92 Å². The Labute approximate surface area is 143 Å². The highest BCUT2D eigenvalue weighted by molar-refractivity contribution is 6.30. The van der Waals surface area contributed by atoms with E-state index in [9.17, 15) is 0 Å². The predicted molar refractivity (Wildman–Crippen MR) is 98.3 cm³/mol. The van der Waals surface area contributed by atoms with Crippen LogP contribution in [0.2, 0.25) is 5.02 Å². The maximum Gasteiger partial charge on any atom is 0.0554 e. The van der Waals surface area contributed by atoms with Crippen molar-refractivity contribution in [2.75, 3.05) is 5.32 Å². The topological polar surface area (TPSA) is 12.0 Å². The van der Waals surface area contributed by atoms with Crippen molar-refractivity contribution in [1.82, 2.24) is 0 Å². The Kier molecular flexibility index (Phi) is 3.69. The zero-order valence-electron chi connectivity index (χ0n) is 13.6. The quantitative estimate of drug-likeness (QED) is 0.640. The van der Waals surface area contributed by atoms with Gasteiger partial charge in [0, 0.05) is 16.6 Å². The molecular weight excluding hydrogens is 302 g/mol. The lowest BCUT2D eigenvalue weighted by Gasteiger charge is -2.39. The molecule has 0 spiro atoms. The first kappa shape index (κ1) is 14.8. The first-order valence-corrected chi connectivity index (χ1v) is 8.84. The van der Waals surface area contributed by atoms with Crippen LogP contribution in [0.1, 0.15) is 54.8 Å². The van der Waals surface area contributed by atoms with E-state index in [0.29, 0.717) is 23.8 Å². The van der Waals surface area contributed by atoms with E-state index in [-0.39, 0.29) is 0 Å². The molecule has 0 amide bonds. The normalized spacial score (nSPS) is 25.1. The molecule has 2 aliphatic rings. The lowest BCUT2D eigenvalue weighted by atomic mass is 9.75. The van der Waals surface area contributed by atoms with Crippen LogP contribution in [0.4, 0.5) is 5.69 Å². The molecule has 1 nitrogen and oxygen atoms in total. The second-order valence-corrected chi connectivity index (χ2v) is 7.43. The van der Waals surface area contributed by atoms with Crippen LogP contribution >= 0.6 is 11.6 Å². The molecule has 0 fully saturated rings. The average molecular weight is 324 g/mol. The molecule has 2 heteroatoms. The number of fused-ring (bicyclic) bond motifs is 3. The lowest BCUT2D eigenvalue weighted by Crippen LogP contribution is -2.29. The summed E-state index contributed by atoms with van der Waals surface area (Å²) in [6.07, 6.45) is 5.88. The Morgan fingerprint density at radius 1 is 1.09 bits per heavy atom. The average Bonchev–Trinajstić information content (AvgIpc) is 3.04. The molecule has 4 rings (SSSR count). The summed E-state index contributed by atoms with van der Waals surface area (Å²) in [6, 6.07) is 15.4. The molecule has 1 aliphatic carbocycles. The van der Waals surface area contributed by atoms with Gasteiger partial charge in [0.25, 0.3) is 0 Å². The zero-order chi connectivity index (χ0) is 16.0. The number of anilines is 1. The zero-order valence-corrected chi connectivity index (χ0v) is 14.3. The van der Waals surface area contributed by atoms with Crippen molar-refractivity contribution in [3.8, 4) is 0 Å². The molecule has 2 aromatic carbocycles. The molecule has 0 saturated heterocycles. The van der Waals surface area contributed by atoms with Crippen LogP contribution in [0.3, 0.4) is 0 Å². The number of rotatable bonds is 2. The molecule has 1 N–H and O–H groups in total. The highest BCUT2D eigenvalue weighted by Crippen LogP contribution is 2.51. The molecule has 0 radical (unpaired) electrons. The highest BCUT2D eigenvalue weighted by atomic mass is 35.5. The van der Waals surface area contributed by atoms with Gasteiger partial charge in [-0.15, -0.1) is 0 Å². The number of hydrogen-bond acceptors (Lipinski definition) is 1. The second-order valence-electron chi connectivity index (χ2n) is 6.99. The van der Waals surface area contributed by atoms with Crippen LogP contribution in [-0.2, 0) is 0 Å². The van der Waals surface area contributed by atoms with E-state index in [0.717, 1.165) is 11.4 Å². The smallest absolute Gasteiger partial charge is 0.0554 e. The van der Waals surface area contributed by atoms with Crippen molar-refractivity contribution in [3.05, 3.63) is 76.3 Å². The number of halogens is 1. The van der Waals surface area contributed by atoms with Crippen LogP contribution in [0.15, 0.2) is 54.6 Å². The molecule has 3 atom stereocenters. The minimum absolute atomic E-state index is 0.347. The van der Waals surface area contributed by atoms with E-state index in [4.69, 9.17) is 11.6 Å². The van der Waals surface area contributed by atoms with E-state index in [1.807, 2.05) is 12.1 Å². The van der Waals surface area contributed by atoms with Gasteiger partial charge < -0.3 is 5.32 Å². The molecule has 0 saturated carbocycles. The maximum absolute atomic E-state index is 6.08. The summed E-state index contributed by atoms with van der Waals surface area (Å²) in [7, 11) is 0. The van der Waals surface area contributed by atoms with E-state index in [1.54, 1.807) is 0 Å². The lowest BCUT2D eigenvalue weighted by molar-refractivity contribution is 0.424. The summed E-state index contributed by atoms with van der Waals surface area (Å²) in [6.45, 7) is 4.54. The van der Waals surface area contributed by atoms with Gasteiger partial charge in [0.2, 0.25) is 0 Å². The Balaban J connectivity index is 1.82. The summed E-state index contributed by atoms with van der Waals surface area (Å²) in [5.74, 6) is 1.63.